The Balaban J connectivity index is 2.77. The first-order valence-corrected chi connectivity index (χ1v) is 6.57. The van der Waals surface area contributed by atoms with E-state index in [0.717, 1.165) is 18.2 Å². The number of hydrogen-bond acceptors (Lipinski definition) is 5. The van der Waals surface area contributed by atoms with E-state index in [-0.39, 0.29) is 23.7 Å². The fourth-order valence-electron chi connectivity index (χ4n) is 1.23. The fraction of sp³-hybridized carbons (Fsp3) is 0.400. The molecular weight excluding hydrogens is 263 g/mol. The second kappa shape index (κ2) is 6.10. The molecule has 0 saturated heterocycles. The SMILES string of the molecule is COCC(O)CNS(=O)(=O)c1ccc(F)c(N)c1. The summed E-state index contributed by atoms with van der Waals surface area (Å²) in [6.07, 6.45) is -0.956. The molecule has 18 heavy (non-hydrogen) atoms. The summed E-state index contributed by atoms with van der Waals surface area (Å²) in [7, 11) is -2.44. The number of ether oxygens (including phenoxy) is 1. The molecule has 0 bridgehead atoms. The number of benzene rings is 1. The molecule has 0 heterocycles. The average Bonchev–Trinajstić information content (AvgIpc) is 2.30. The normalized spacial score (nSPS) is 13.5. The van der Waals surface area contributed by atoms with Gasteiger partial charge < -0.3 is 15.6 Å². The molecule has 0 aliphatic heterocycles. The number of sulfonamides is 1. The number of hydrogen-bond donors (Lipinski definition) is 3. The van der Waals surface area contributed by atoms with Gasteiger partial charge in [-0.2, -0.15) is 0 Å². The van der Waals surface area contributed by atoms with Crippen molar-refractivity contribution in [2.75, 3.05) is 26.0 Å². The standard InChI is InChI=1S/C10H15FN2O4S/c1-17-6-7(14)5-13-18(15,16)8-2-3-9(11)10(12)4-8/h2-4,7,13-14H,5-6,12H2,1H3. The molecule has 0 spiro atoms. The van der Waals surface area contributed by atoms with Crippen LogP contribution in [0.4, 0.5) is 10.1 Å². The minimum absolute atomic E-state index is 0.00801. The molecule has 0 amide bonds. The minimum atomic E-state index is -3.83. The van der Waals surface area contributed by atoms with E-state index in [9.17, 15) is 17.9 Å². The van der Waals surface area contributed by atoms with Crippen LogP contribution < -0.4 is 10.5 Å². The third-order valence-corrected chi connectivity index (χ3v) is 3.57. The predicted molar refractivity (Wildman–Crippen MR) is 63.9 cm³/mol. The highest BCUT2D eigenvalue weighted by Gasteiger charge is 2.17. The van der Waals surface area contributed by atoms with Gasteiger partial charge in [0.05, 0.1) is 23.3 Å². The van der Waals surface area contributed by atoms with Crippen LogP contribution in [0.15, 0.2) is 23.1 Å². The van der Waals surface area contributed by atoms with Gasteiger partial charge >= 0.3 is 0 Å². The molecule has 8 heteroatoms. The molecule has 4 N–H and O–H groups in total. The van der Waals surface area contributed by atoms with Gasteiger partial charge in [-0.3, -0.25) is 0 Å². The Labute approximate surface area is 105 Å². The zero-order chi connectivity index (χ0) is 13.8. The van der Waals surface area contributed by atoms with Gasteiger partial charge in [0, 0.05) is 13.7 Å². The summed E-state index contributed by atoms with van der Waals surface area (Å²) in [5.41, 5.74) is 5.03. The van der Waals surface area contributed by atoms with Gasteiger partial charge in [-0.1, -0.05) is 0 Å². The van der Waals surface area contributed by atoms with E-state index in [2.05, 4.69) is 9.46 Å². The first-order chi connectivity index (χ1) is 8.36. The lowest BCUT2D eigenvalue weighted by molar-refractivity contribution is 0.0679. The van der Waals surface area contributed by atoms with Crippen LogP contribution in [0.3, 0.4) is 0 Å². The van der Waals surface area contributed by atoms with Crippen LogP contribution >= 0.6 is 0 Å². The molecule has 0 fully saturated rings. The Morgan fingerprint density at radius 1 is 1.56 bits per heavy atom. The van der Waals surface area contributed by atoms with Crippen molar-refractivity contribution in [3.8, 4) is 0 Å². The first-order valence-electron chi connectivity index (χ1n) is 5.08. The maximum absolute atomic E-state index is 12.9. The number of nitrogen functional groups attached to an aromatic ring is 1. The third kappa shape index (κ3) is 3.91. The van der Waals surface area contributed by atoms with Crippen molar-refractivity contribution >= 4 is 15.7 Å². The van der Waals surface area contributed by atoms with E-state index < -0.39 is 21.9 Å². The molecule has 102 valence electrons. The fourth-order valence-corrected chi connectivity index (χ4v) is 2.34. The van der Waals surface area contributed by atoms with Crippen LogP contribution in [0.25, 0.3) is 0 Å². The molecule has 0 aliphatic carbocycles. The van der Waals surface area contributed by atoms with E-state index in [1.165, 1.54) is 7.11 Å². The molecule has 1 atom stereocenters. The topological polar surface area (TPSA) is 102 Å². The summed E-state index contributed by atoms with van der Waals surface area (Å²) in [5, 5.41) is 9.32. The number of methoxy groups -OCH3 is 1. The maximum atomic E-state index is 12.9. The lowest BCUT2D eigenvalue weighted by Gasteiger charge is -2.11. The number of aliphatic hydroxyl groups is 1. The molecule has 0 aliphatic rings. The predicted octanol–water partition coefficient (Wildman–Crippen LogP) is -0.306. The average molecular weight is 278 g/mol. The van der Waals surface area contributed by atoms with Crippen molar-refractivity contribution < 1.29 is 22.7 Å². The van der Waals surface area contributed by atoms with Crippen molar-refractivity contribution in [3.63, 3.8) is 0 Å². The zero-order valence-electron chi connectivity index (χ0n) is 9.76. The third-order valence-electron chi connectivity index (χ3n) is 2.15. The summed E-state index contributed by atoms with van der Waals surface area (Å²) in [6, 6.07) is 3.08. The number of aliphatic hydroxyl groups excluding tert-OH is 1. The number of nitrogens with two attached hydrogens (primary N) is 1. The molecule has 1 unspecified atom stereocenters. The monoisotopic (exact) mass is 278 g/mol. The second-order valence-corrected chi connectivity index (χ2v) is 5.41. The Hall–Kier alpha value is -1.22. The van der Waals surface area contributed by atoms with Crippen molar-refractivity contribution in [2.45, 2.75) is 11.0 Å². The number of nitrogens with one attached hydrogen (secondary N) is 1. The Kier molecular flexibility index (Phi) is 5.03. The maximum Gasteiger partial charge on any atom is 0.240 e. The first kappa shape index (κ1) is 14.8. The summed E-state index contributed by atoms with van der Waals surface area (Å²) in [5.74, 6) is -0.687. The van der Waals surface area contributed by atoms with Gasteiger partial charge in [-0.15, -0.1) is 0 Å². The van der Waals surface area contributed by atoms with Gasteiger partial charge in [0.2, 0.25) is 10.0 Å². The summed E-state index contributed by atoms with van der Waals surface area (Å²) in [6.45, 7) is -0.193. The molecule has 1 aromatic rings. The lowest BCUT2D eigenvalue weighted by Crippen LogP contribution is -2.34. The van der Waals surface area contributed by atoms with Gasteiger partial charge in [0.1, 0.15) is 5.82 Å². The van der Waals surface area contributed by atoms with Crippen LogP contribution in [-0.2, 0) is 14.8 Å². The highest BCUT2D eigenvalue weighted by atomic mass is 32.2. The van der Waals surface area contributed by atoms with Gasteiger partial charge in [-0.25, -0.2) is 17.5 Å². The number of rotatable bonds is 6. The molecule has 0 aromatic heterocycles. The van der Waals surface area contributed by atoms with E-state index in [0.29, 0.717) is 0 Å². The summed E-state index contributed by atoms with van der Waals surface area (Å²) >= 11 is 0. The lowest BCUT2D eigenvalue weighted by atomic mass is 10.3. The van der Waals surface area contributed by atoms with E-state index in [1.54, 1.807) is 0 Å². The number of anilines is 1. The van der Waals surface area contributed by atoms with E-state index in [4.69, 9.17) is 5.73 Å². The highest BCUT2D eigenvalue weighted by Crippen LogP contribution is 2.16. The van der Waals surface area contributed by atoms with Crippen molar-refractivity contribution in [3.05, 3.63) is 24.0 Å². The van der Waals surface area contributed by atoms with Crippen LogP contribution in [0.1, 0.15) is 0 Å². The van der Waals surface area contributed by atoms with Gasteiger partial charge in [0.15, 0.2) is 0 Å². The Morgan fingerprint density at radius 2 is 2.22 bits per heavy atom. The zero-order valence-corrected chi connectivity index (χ0v) is 10.6. The van der Waals surface area contributed by atoms with Crippen LogP contribution in [-0.4, -0.2) is 39.9 Å². The highest BCUT2D eigenvalue weighted by molar-refractivity contribution is 7.89. The molecule has 0 radical (unpaired) electrons. The smallest absolute Gasteiger partial charge is 0.240 e. The quantitative estimate of drug-likeness (QED) is 0.620. The second-order valence-electron chi connectivity index (χ2n) is 3.64. The Morgan fingerprint density at radius 3 is 2.78 bits per heavy atom. The van der Waals surface area contributed by atoms with E-state index in [1.807, 2.05) is 0 Å². The molecule has 6 nitrogen and oxygen atoms in total. The van der Waals surface area contributed by atoms with Gasteiger partial charge in [0.25, 0.3) is 0 Å². The van der Waals surface area contributed by atoms with Crippen LogP contribution in [0, 0.1) is 5.82 Å². The van der Waals surface area contributed by atoms with Crippen molar-refractivity contribution in [1.29, 1.82) is 0 Å². The van der Waals surface area contributed by atoms with Gasteiger partial charge in [-0.05, 0) is 18.2 Å². The molecule has 0 saturated carbocycles. The minimum Gasteiger partial charge on any atom is -0.396 e. The number of halogens is 1. The van der Waals surface area contributed by atoms with Crippen LogP contribution in [0.5, 0.6) is 0 Å². The summed E-state index contributed by atoms with van der Waals surface area (Å²) in [4.78, 5) is -0.161. The molecule has 1 rings (SSSR count). The van der Waals surface area contributed by atoms with E-state index >= 15 is 0 Å². The molecular formula is C10H15FN2O4S. The summed E-state index contributed by atoms with van der Waals surface area (Å²) < 4.78 is 43.3. The van der Waals surface area contributed by atoms with Crippen molar-refractivity contribution in [1.82, 2.24) is 4.72 Å². The Bertz CT molecular complexity index is 507. The van der Waals surface area contributed by atoms with Crippen LogP contribution in [0.2, 0.25) is 0 Å². The largest absolute Gasteiger partial charge is 0.396 e. The molecule has 1 aromatic carbocycles. The van der Waals surface area contributed by atoms with Crippen molar-refractivity contribution in [2.24, 2.45) is 0 Å².